The van der Waals surface area contributed by atoms with Crippen LogP contribution in [0.5, 0.6) is 0 Å². The molecule has 2 amide bonds. The number of carbonyl (C=O) groups is 2. The van der Waals surface area contributed by atoms with Crippen LogP contribution in [0.25, 0.3) is 0 Å². The molecule has 47 heavy (non-hydrogen) atoms. The molecule has 3 fully saturated rings. The molecule has 3 heterocycles. The van der Waals surface area contributed by atoms with Crippen LogP contribution >= 0.6 is 0 Å². The fourth-order valence-corrected chi connectivity index (χ4v) is 9.06. The van der Waals surface area contributed by atoms with Gasteiger partial charge in [0.2, 0.25) is 21.8 Å². The van der Waals surface area contributed by atoms with E-state index >= 15 is 0 Å². The number of rotatable bonds is 12. The highest BCUT2D eigenvalue weighted by atomic mass is 32.2. The predicted molar refractivity (Wildman–Crippen MR) is 178 cm³/mol. The van der Waals surface area contributed by atoms with E-state index in [1.165, 1.54) is 7.05 Å². The summed E-state index contributed by atoms with van der Waals surface area (Å²) in [5.74, 6) is -0.340. The van der Waals surface area contributed by atoms with Gasteiger partial charge in [-0.1, -0.05) is 44.7 Å². The molecular formula is C34H52N6O6S. The molecule has 1 aromatic carbocycles. The lowest BCUT2D eigenvalue weighted by molar-refractivity contribution is -0.166. The summed E-state index contributed by atoms with van der Waals surface area (Å²) in [5, 5.41) is 31.1. The molecule has 2 aliphatic heterocycles. The summed E-state index contributed by atoms with van der Waals surface area (Å²) in [4.78, 5) is 32.4. The molecule has 5 rings (SSSR count). The van der Waals surface area contributed by atoms with Gasteiger partial charge in [-0.3, -0.25) is 19.6 Å². The fraction of sp³-hybridized carbons (Fsp3) is 0.676. The summed E-state index contributed by atoms with van der Waals surface area (Å²) in [5.41, 5.74) is 2.63. The Morgan fingerprint density at radius 3 is 2.32 bits per heavy atom. The number of hydrogen-bond acceptors (Lipinski definition) is 8. The number of aromatic nitrogens is 2. The molecule has 1 aliphatic carbocycles. The number of sulfonamides is 1. The summed E-state index contributed by atoms with van der Waals surface area (Å²) in [6, 6.07) is 5.66. The molecule has 1 saturated carbocycles. The molecule has 13 heteroatoms. The molecule has 1 spiro atoms. The first-order valence-corrected chi connectivity index (χ1v) is 18.6. The number of H-pyrrole nitrogens is 1. The molecule has 3 atom stereocenters. The lowest BCUT2D eigenvalue weighted by Crippen LogP contribution is -2.75. The Balaban J connectivity index is 1.42. The smallest absolute Gasteiger partial charge is 0.248 e. The van der Waals surface area contributed by atoms with E-state index < -0.39 is 27.7 Å². The molecule has 0 bridgehead atoms. The van der Waals surface area contributed by atoms with Gasteiger partial charge < -0.3 is 20.4 Å². The van der Waals surface area contributed by atoms with Gasteiger partial charge in [-0.2, -0.15) is 9.40 Å². The molecule has 260 valence electrons. The van der Waals surface area contributed by atoms with E-state index in [1.54, 1.807) is 17.0 Å². The van der Waals surface area contributed by atoms with Crippen LogP contribution in [0, 0.1) is 19.8 Å². The topological polar surface area (TPSA) is 159 Å². The minimum absolute atomic E-state index is 0.00128. The number of piperidine rings is 1. The standard InChI is InChI=1S/C34H52N6O6S/c1-5-6-18-40-32(43)29(31(42)26-10-8-7-9-11-26)35-33(44)34(40)16-19-39(20-17-34)30(28-23(2)36-37-24(28)3)25-12-14-27(15-13-25)47(45,46)38(4)21-22-41/h12-15,26,29-31,41-42H,5-11,16-22H2,1-4H3,(H,35,44)(H,36,37)/t29-,30?,31-/m1/s1. The number of unbranched alkanes of at least 4 members (excludes halogenated alkanes) is 1. The number of nitrogens with zero attached hydrogens (tertiary/aromatic N) is 4. The van der Waals surface area contributed by atoms with Crippen molar-refractivity contribution in [3.63, 3.8) is 0 Å². The second-order valence-corrected chi connectivity index (χ2v) is 15.7. The van der Waals surface area contributed by atoms with Gasteiger partial charge in [-0.25, -0.2) is 8.42 Å². The van der Waals surface area contributed by atoms with E-state index in [2.05, 4.69) is 27.3 Å². The van der Waals surface area contributed by atoms with E-state index in [0.29, 0.717) is 32.5 Å². The van der Waals surface area contributed by atoms with E-state index in [0.717, 1.165) is 71.8 Å². The number of carbonyl (C=O) groups excluding carboxylic acids is 2. The summed E-state index contributed by atoms with van der Waals surface area (Å²) in [6.07, 6.45) is 6.59. The van der Waals surface area contributed by atoms with Crippen LogP contribution in [-0.4, -0.2) is 112 Å². The van der Waals surface area contributed by atoms with Crippen molar-refractivity contribution >= 4 is 21.8 Å². The third kappa shape index (κ3) is 6.87. The van der Waals surface area contributed by atoms with Crippen molar-refractivity contribution < 1.29 is 28.2 Å². The summed E-state index contributed by atoms with van der Waals surface area (Å²) < 4.78 is 27.2. The summed E-state index contributed by atoms with van der Waals surface area (Å²) in [7, 11) is -2.32. The maximum atomic E-state index is 14.1. The van der Waals surface area contributed by atoms with Crippen molar-refractivity contribution in [1.82, 2.24) is 29.6 Å². The maximum absolute atomic E-state index is 14.1. The molecule has 1 unspecified atom stereocenters. The number of nitrogens with one attached hydrogen (secondary N) is 2. The van der Waals surface area contributed by atoms with Crippen LogP contribution in [0.15, 0.2) is 29.2 Å². The average molecular weight is 673 g/mol. The Kier molecular flexibility index (Phi) is 11.1. The van der Waals surface area contributed by atoms with Gasteiger partial charge in [-0.05, 0) is 69.6 Å². The largest absolute Gasteiger partial charge is 0.395 e. The van der Waals surface area contributed by atoms with Gasteiger partial charge in [0, 0.05) is 44.5 Å². The Hall–Kier alpha value is -2.84. The van der Waals surface area contributed by atoms with Crippen molar-refractivity contribution in [2.45, 2.75) is 107 Å². The SMILES string of the molecule is CCCCN1C(=O)[C@@H]([C@H](O)C2CCCCC2)NC(=O)C12CCN(C(c1ccc(S(=O)(=O)N(C)CCO)cc1)c1c(C)n[nH]c1C)CC2. The molecule has 2 aromatic rings. The number of hydrogen-bond donors (Lipinski definition) is 4. The first kappa shape index (κ1) is 35.5. The third-order valence-electron chi connectivity index (χ3n) is 10.7. The van der Waals surface area contributed by atoms with Crippen molar-refractivity contribution in [2.75, 3.05) is 39.8 Å². The number of likely N-dealkylation sites (N-methyl/N-ethyl adjacent to an activating group) is 1. The van der Waals surface area contributed by atoms with Crippen LogP contribution in [0.1, 0.15) is 93.3 Å². The van der Waals surface area contributed by atoms with Crippen molar-refractivity contribution in [3.8, 4) is 0 Å². The maximum Gasteiger partial charge on any atom is 0.248 e. The Bertz CT molecular complexity index is 1480. The zero-order chi connectivity index (χ0) is 33.9. The van der Waals surface area contributed by atoms with Crippen LogP contribution in [0.4, 0.5) is 0 Å². The number of piperazine rings is 1. The highest BCUT2D eigenvalue weighted by Gasteiger charge is 2.55. The molecule has 4 N–H and O–H groups in total. The van der Waals surface area contributed by atoms with Gasteiger partial charge in [0.05, 0.1) is 29.3 Å². The van der Waals surface area contributed by atoms with E-state index in [1.807, 2.05) is 26.0 Å². The second-order valence-electron chi connectivity index (χ2n) is 13.6. The third-order valence-corrected chi connectivity index (χ3v) is 12.6. The van der Waals surface area contributed by atoms with Crippen LogP contribution in [0.3, 0.4) is 0 Å². The minimum Gasteiger partial charge on any atom is -0.395 e. The highest BCUT2D eigenvalue weighted by molar-refractivity contribution is 7.89. The zero-order valence-corrected chi connectivity index (χ0v) is 29.1. The first-order chi connectivity index (χ1) is 22.5. The Morgan fingerprint density at radius 1 is 1.09 bits per heavy atom. The molecule has 3 aliphatic rings. The van der Waals surface area contributed by atoms with Gasteiger partial charge in [-0.15, -0.1) is 0 Å². The van der Waals surface area contributed by atoms with Gasteiger partial charge in [0.25, 0.3) is 0 Å². The number of aliphatic hydroxyl groups excluding tert-OH is 2. The monoisotopic (exact) mass is 672 g/mol. The summed E-state index contributed by atoms with van der Waals surface area (Å²) in [6.45, 7) is 7.22. The lowest BCUT2D eigenvalue weighted by Gasteiger charge is -2.53. The molecule has 0 radical (unpaired) electrons. The van der Waals surface area contributed by atoms with Crippen molar-refractivity contribution in [2.24, 2.45) is 5.92 Å². The van der Waals surface area contributed by atoms with Crippen LogP contribution < -0.4 is 5.32 Å². The number of aryl methyl sites for hydroxylation is 2. The van der Waals surface area contributed by atoms with Gasteiger partial charge >= 0.3 is 0 Å². The lowest BCUT2D eigenvalue weighted by atomic mass is 9.77. The van der Waals surface area contributed by atoms with Gasteiger partial charge in [0.1, 0.15) is 11.6 Å². The molecular weight excluding hydrogens is 620 g/mol. The quantitative estimate of drug-likeness (QED) is 0.268. The number of likely N-dealkylation sites (tertiary alicyclic amines) is 1. The first-order valence-electron chi connectivity index (χ1n) is 17.2. The number of amides is 2. The van der Waals surface area contributed by atoms with Crippen molar-refractivity contribution in [1.29, 1.82) is 0 Å². The Labute approximate surface area is 278 Å². The minimum atomic E-state index is -3.76. The zero-order valence-electron chi connectivity index (χ0n) is 28.2. The molecule has 2 saturated heterocycles. The van der Waals surface area contributed by atoms with Crippen LogP contribution in [-0.2, 0) is 19.6 Å². The number of aliphatic hydroxyl groups is 2. The average Bonchev–Trinajstić information content (AvgIpc) is 3.41. The van der Waals surface area contributed by atoms with Gasteiger partial charge in [0.15, 0.2) is 0 Å². The highest BCUT2D eigenvalue weighted by Crippen LogP contribution is 2.41. The molecule has 1 aromatic heterocycles. The van der Waals surface area contributed by atoms with Crippen molar-refractivity contribution in [3.05, 3.63) is 46.8 Å². The number of aromatic amines is 1. The number of benzene rings is 1. The van der Waals surface area contributed by atoms with E-state index in [4.69, 9.17) is 0 Å². The Morgan fingerprint density at radius 2 is 1.74 bits per heavy atom. The summed E-state index contributed by atoms with van der Waals surface area (Å²) >= 11 is 0. The fourth-order valence-electron chi connectivity index (χ4n) is 7.89. The van der Waals surface area contributed by atoms with E-state index in [-0.39, 0.29) is 41.8 Å². The van der Waals surface area contributed by atoms with E-state index in [9.17, 15) is 28.2 Å². The predicted octanol–water partition coefficient (Wildman–Crippen LogP) is 2.63. The van der Waals surface area contributed by atoms with Crippen LogP contribution in [0.2, 0.25) is 0 Å². The molecule has 12 nitrogen and oxygen atoms in total. The normalized spacial score (nSPS) is 22.5. The second kappa shape index (κ2) is 14.7.